The van der Waals surface area contributed by atoms with E-state index in [-0.39, 0.29) is 0 Å². The Morgan fingerprint density at radius 1 is 1.44 bits per heavy atom. The lowest BCUT2D eigenvalue weighted by atomic mass is 10.1. The number of rotatable bonds is 4. The number of carboxylic acid groups (broad SMARTS) is 1. The zero-order valence-electron chi connectivity index (χ0n) is 10.2. The Kier molecular flexibility index (Phi) is 3.74. The quantitative estimate of drug-likeness (QED) is 0.888. The molecule has 2 rings (SSSR count). The number of nitrogens with zero attached hydrogens (tertiary/aromatic N) is 1. The van der Waals surface area contributed by atoms with Gasteiger partial charge in [-0.15, -0.1) is 11.3 Å². The van der Waals surface area contributed by atoms with E-state index in [0.717, 1.165) is 16.8 Å². The number of hydrogen-bond acceptors (Lipinski definition) is 4. The number of aliphatic carboxylic acids is 1. The summed E-state index contributed by atoms with van der Waals surface area (Å²) in [5.41, 5.74) is 3.00. The van der Waals surface area contributed by atoms with Crippen molar-refractivity contribution in [2.75, 3.05) is 7.05 Å². The maximum atomic E-state index is 11.0. The number of likely N-dealkylation sites (N-methyl/N-ethyl adjacent to an activating group) is 1. The Labute approximate surface area is 109 Å². The molecule has 1 aromatic heterocycles. The first-order chi connectivity index (χ1) is 8.63. The van der Waals surface area contributed by atoms with Gasteiger partial charge in [0.2, 0.25) is 0 Å². The summed E-state index contributed by atoms with van der Waals surface area (Å²) < 4.78 is 0. The Hall–Kier alpha value is -1.72. The summed E-state index contributed by atoms with van der Waals surface area (Å²) in [5, 5.41) is 14.3. The number of carboxylic acids is 1. The van der Waals surface area contributed by atoms with Crippen molar-refractivity contribution in [2.24, 2.45) is 0 Å². The molecule has 2 aromatic rings. The minimum Gasteiger partial charge on any atom is -0.480 e. The van der Waals surface area contributed by atoms with Gasteiger partial charge in [0.25, 0.3) is 0 Å². The Balaban J connectivity index is 2.36. The van der Waals surface area contributed by atoms with Crippen LogP contribution in [0.4, 0.5) is 0 Å². The molecule has 0 amide bonds. The molecule has 5 heteroatoms. The van der Waals surface area contributed by atoms with Crippen molar-refractivity contribution in [3.63, 3.8) is 0 Å². The zero-order valence-corrected chi connectivity index (χ0v) is 11.0. The fraction of sp³-hybridized carbons (Fsp3) is 0.231. The lowest BCUT2D eigenvalue weighted by Crippen LogP contribution is -2.24. The van der Waals surface area contributed by atoms with Crippen LogP contribution in [0.15, 0.2) is 29.6 Å². The average molecular weight is 262 g/mol. The van der Waals surface area contributed by atoms with Gasteiger partial charge >= 0.3 is 5.97 Å². The highest BCUT2D eigenvalue weighted by atomic mass is 32.1. The Bertz CT molecular complexity index is 566. The van der Waals surface area contributed by atoms with Gasteiger partial charge in [0.15, 0.2) is 6.04 Å². The highest BCUT2D eigenvalue weighted by Crippen LogP contribution is 2.27. The first-order valence-corrected chi connectivity index (χ1v) is 6.43. The van der Waals surface area contributed by atoms with Crippen LogP contribution in [0.3, 0.4) is 0 Å². The van der Waals surface area contributed by atoms with E-state index in [0.29, 0.717) is 5.01 Å². The van der Waals surface area contributed by atoms with Gasteiger partial charge in [-0.1, -0.05) is 24.3 Å². The van der Waals surface area contributed by atoms with Gasteiger partial charge < -0.3 is 10.4 Å². The molecule has 0 aliphatic carbocycles. The highest BCUT2D eigenvalue weighted by molar-refractivity contribution is 7.10. The summed E-state index contributed by atoms with van der Waals surface area (Å²) in [6.45, 7) is 2.01. The molecule has 4 nitrogen and oxygen atoms in total. The Morgan fingerprint density at radius 3 is 2.78 bits per heavy atom. The molecule has 0 bridgehead atoms. The standard InChI is InChI=1S/C13H14N2O2S/c1-8-5-3-4-6-9(8)10-7-18-12(15-10)11(14-2)13(16)17/h3-7,11,14H,1-2H3,(H,16,17). The average Bonchev–Trinajstić information content (AvgIpc) is 2.79. The first kappa shape index (κ1) is 12.7. The first-order valence-electron chi connectivity index (χ1n) is 5.55. The van der Waals surface area contributed by atoms with E-state index in [2.05, 4.69) is 10.3 Å². The minimum absolute atomic E-state index is 0.572. The van der Waals surface area contributed by atoms with Crippen molar-refractivity contribution in [1.82, 2.24) is 10.3 Å². The Morgan fingerprint density at radius 2 is 2.17 bits per heavy atom. The smallest absolute Gasteiger partial charge is 0.327 e. The van der Waals surface area contributed by atoms with Crippen LogP contribution < -0.4 is 5.32 Å². The molecule has 1 atom stereocenters. The van der Waals surface area contributed by atoms with Gasteiger partial charge in [-0.25, -0.2) is 4.98 Å². The molecule has 0 aliphatic rings. The number of aromatic nitrogens is 1. The summed E-state index contributed by atoms with van der Waals surface area (Å²) in [6.07, 6.45) is 0. The van der Waals surface area contributed by atoms with E-state index in [1.54, 1.807) is 7.05 Å². The van der Waals surface area contributed by atoms with Gasteiger partial charge in [-0.2, -0.15) is 0 Å². The number of nitrogens with one attached hydrogen (secondary N) is 1. The fourth-order valence-corrected chi connectivity index (χ4v) is 2.67. The molecular weight excluding hydrogens is 248 g/mol. The lowest BCUT2D eigenvalue weighted by molar-refractivity contribution is -0.139. The van der Waals surface area contributed by atoms with Crippen molar-refractivity contribution in [2.45, 2.75) is 13.0 Å². The van der Waals surface area contributed by atoms with Crippen LogP contribution >= 0.6 is 11.3 Å². The number of benzene rings is 1. The van der Waals surface area contributed by atoms with Crippen LogP contribution in [-0.4, -0.2) is 23.1 Å². The molecule has 0 radical (unpaired) electrons. The number of aryl methyl sites for hydroxylation is 1. The molecular formula is C13H14N2O2S. The summed E-state index contributed by atoms with van der Waals surface area (Å²) in [6, 6.07) is 7.19. The molecule has 0 fully saturated rings. The highest BCUT2D eigenvalue weighted by Gasteiger charge is 2.21. The number of hydrogen-bond donors (Lipinski definition) is 2. The fourth-order valence-electron chi connectivity index (χ4n) is 1.76. The van der Waals surface area contributed by atoms with E-state index >= 15 is 0 Å². The maximum Gasteiger partial charge on any atom is 0.327 e. The van der Waals surface area contributed by atoms with Crippen molar-refractivity contribution in [3.05, 3.63) is 40.2 Å². The summed E-state index contributed by atoms with van der Waals surface area (Å²) in [5.74, 6) is -0.914. The van der Waals surface area contributed by atoms with Gasteiger partial charge in [0, 0.05) is 10.9 Å². The minimum atomic E-state index is -0.914. The van der Waals surface area contributed by atoms with Crippen LogP contribution in [0.1, 0.15) is 16.6 Å². The molecule has 1 heterocycles. The summed E-state index contributed by atoms with van der Waals surface area (Å²) in [4.78, 5) is 15.5. The monoisotopic (exact) mass is 262 g/mol. The zero-order chi connectivity index (χ0) is 13.1. The van der Waals surface area contributed by atoms with Crippen molar-refractivity contribution in [1.29, 1.82) is 0 Å². The molecule has 0 aliphatic heterocycles. The van der Waals surface area contributed by atoms with E-state index in [4.69, 9.17) is 5.11 Å². The largest absolute Gasteiger partial charge is 0.480 e. The maximum absolute atomic E-state index is 11.0. The topological polar surface area (TPSA) is 62.2 Å². The van der Waals surface area contributed by atoms with Crippen molar-refractivity contribution in [3.8, 4) is 11.3 Å². The number of thiazole rings is 1. The molecule has 94 valence electrons. The van der Waals surface area contributed by atoms with Crippen LogP contribution in [0.25, 0.3) is 11.3 Å². The predicted octanol–water partition coefficient (Wildman–Crippen LogP) is 2.46. The molecule has 2 N–H and O–H groups in total. The second kappa shape index (κ2) is 5.29. The molecule has 0 spiro atoms. The van der Waals surface area contributed by atoms with Gasteiger partial charge in [-0.3, -0.25) is 4.79 Å². The summed E-state index contributed by atoms with van der Waals surface area (Å²) >= 11 is 1.36. The second-order valence-electron chi connectivity index (χ2n) is 3.95. The lowest BCUT2D eigenvalue weighted by Gasteiger charge is -2.06. The van der Waals surface area contributed by atoms with Crippen LogP contribution in [-0.2, 0) is 4.79 Å². The van der Waals surface area contributed by atoms with Gasteiger partial charge in [0.1, 0.15) is 5.01 Å². The molecule has 18 heavy (non-hydrogen) atoms. The van der Waals surface area contributed by atoms with Gasteiger partial charge in [-0.05, 0) is 19.5 Å². The molecule has 1 aromatic carbocycles. The van der Waals surface area contributed by atoms with E-state index < -0.39 is 12.0 Å². The molecule has 0 saturated carbocycles. The molecule has 0 saturated heterocycles. The normalized spacial score (nSPS) is 12.3. The third-order valence-electron chi connectivity index (χ3n) is 2.73. The SMILES string of the molecule is CNC(C(=O)O)c1nc(-c2ccccc2C)cs1. The number of carbonyl (C=O) groups is 1. The van der Waals surface area contributed by atoms with E-state index in [1.165, 1.54) is 11.3 Å². The third kappa shape index (κ3) is 2.42. The predicted molar refractivity (Wildman–Crippen MR) is 71.7 cm³/mol. The van der Waals surface area contributed by atoms with Crippen LogP contribution in [0.2, 0.25) is 0 Å². The van der Waals surface area contributed by atoms with Crippen LogP contribution in [0.5, 0.6) is 0 Å². The van der Waals surface area contributed by atoms with E-state index in [9.17, 15) is 4.79 Å². The third-order valence-corrected chi connectivity index (χ3v) is 3.64. The summed E-state index contributed by atoms with van der Waals surface area (Å²) in [7, 11) is 1.62. The van der Waals surface area contributed by atoms with Crippen molar-refractivity contribution < 1.29 is 9.90 Å². The van der Waals surface area contributed by atoms with E-state index in [1.807, 2.05) is 36.6 Å². The molecule has 1 unspecified atom stereocenters. The van der Waals surface area contributed by atoms with Crippen LogP contribution in [0, 0.1) is 6.92 Å². The van der Waals surface area contributed by atoms with Crippen molar-refractivity contribution >= 4 is 17.3 Å². The second-order valence-corrected chi connectivity index (χ2v) is 4.84. The van der Waals surface area contributed by atoms with Gasteiger partial charge in [0.05, 0.1) is 5.69 Å².